The highest BCUT2D eigenvalue weighted by molar-refractivity contribution is 7.89. The van der Waals surface area contributed by atoms with Crippen LogP contribution < -0.4 is 21.5 Å². The van der Waals surface area contributed by atoms with Gasteiger partial charge in [-0.2, -0.15) is 0 Å². The fourth-order valence-electron chi connectivity index (χ4n) is 2.96. The second-order valence-electron chi connectivity index (χ2n) is 6.74. The molecule has 0 aliphatic heterocycles. The summed E-state index contributed by atoms with van der Waals surface area (Å²) < 4.78 is 29.0. The van der Waals surface area contributed by atoms with Crippen molar-refractivity contribution in [1.82, 2.24) is 9.71 Å². The molecule has 1 heterocycles. The number of amides is 1. The monoisotopic (exact) mass is 470 g/mol. The second-order valence-corrected chi connectivity index (χ2v) is 9.38. The van der Waals surface area contributed by atoms with E-state index in [4.69, 9.17) is 16.9 Å². The highest BCUT2D eigenvalue weighted by Crippen LogP contribution is 2.25. The van der Waals surface area contributed by atoms with E-state index in [0.717, 1.165) is 17.8 Å². The Morgan fingerprint density at radius 2 is 2.00 bits per heavy atom. The van der Waals surface area contributed by atoms with Crippen molar-refractivity contribution in [2.45, 2.75) is 17.4 Å². The lowest BCUT2D eigenvalue weighted by atomic mass is 10.0. The second kappa shape index (κ2) is 10.2. The Hall–Kier alpha value is -3.54. The van der Waals surface area contributed by atoms with Gasteiger partial charge in [-0.05, 0) is 42.4 Å². The molecule has 0 saturated heterocycles. The lowest BCUT2D eigenvalue weighted by Crippen LogP contribution is -2.30. The Morgan fingerprint density at radius 3 is 2.69 bits per heavy atom. The van der Waals surface area contributed by atoms with Crippen molar-refractivity contribution < 1.29 is 13.2 Å². The first-order valence-electron chi connectivity index (χ1n) is 9.43. The van der Waals surface area contributed by atoms with Crippen molar-refractivity contribution in [3.63, 3.8) is 0 Å². The quantitative estimate of drug-likeness (QED) is 0.183. The average Bonchev–Trinajstić information content (AvgIpc) is 3.29. The van der Waals surface area contributed by atoms with Crippen LogP contribution in [0.15, 0.2) is 77.3 Å². The van der Waals surface area contributed by atoms with E-state index in [1.165, 1.54) is 29.5 Å². The minimum absolute atomic E-state index is 0.00827. The number of nitrogens with one attached hydrogen (secondary N) is 3. The number of rotatable bonds is 9. The zero-order valence-electron chi connectivity index (χ0n) is 16.9. The van der Waals surface area contributed by atoms with Gasteiger partial charge in [0, 0.05) is 28.9 Å². The van der Waals surface area contributed by atoms with Crippen LogP contribution >= 0.6 is 11.3 Å². The molecule has 1 amide bonds. The van der Waals surface area contributed by atoms with Crippen molar-refractivity contribution >= 4 is 38.8 Å². The van der Waals surface area contributed by atoms with E-state index in [-0.39, 0.29) is 10.7 Å². The van der Waals surface area contributed by atoms with Crippen molar-refractivity contribution in [3.05, 3.63) is 88.5 Å². The summed E-state index contributed by atoms with van der Waals surface area (Å²) in [6, 6.07) is 12.3. The van der Waals surface area contributed by atoms with E-state index >= 15 is 0 Å². The zero-order valence-corrected chi connectivity index (χ0v) is 18.5. The molecule has 0 aliphatic carbocycles. The number of thiazole rings is 1. The SMILES string of the molecule is N=C(N)c1cccc(C[C@H](NS(=O)(=O)c2cccc(NC(=O)C=CN)c2)c2nccs2)c1. The molecule has 0 saturated carbocycles. The number of nitrogen functional groups attached to an aromatic ring is 1. The molecule has 3 aromatic rings. The first-order valence-corrected chi connectivity index (χ1v) is 11.8. The number of hydrogen-bond donors (Lipinski definition) is 5. The van der Waals surface area contributed by atoms with Gasteiger partial charge in [0.2, 0.25) is 15.9 Å². The summed E-state index contributed by atoms with van der Waals surface area (Å²) in [5, 5.41) is 12.5. The molecule has 0 fully saturated rings. The van der Waals surface area contributed by atoms with E-state index in [9.17, 15) is 13.2 Å². The number of nitrogens with zero attached hydrogens (tertiary/aromatic N) is 1. The normalized spacial score (nSPS) is 12.5. The van der Waals surface area contributed by atoms with Gasteiger partial charge in [0.25, 0.3) is 0 Å². The molecule has 166 valence electrons. The minimum atomic E-state index is -3.95. The molecule has 3 rings (SSSR count). The third kappa shape index (κ3) is 6.00. The van der Waals surface area contributed by atoms with Gasteiger partial charge in [-0.1, -0.05) is 24.3 Å². The van der Waals surface area contributed by atoms with Gasteiger partial charge in [0.15, 0.2) is 0 Å². The predicted octanol–water partition coefficient (Wildman–Crippen LogP) is 2.10. The summed E-state index contributed by atoms with van der Waals surface area (Å²) in [5.41, 5.74) is 12.4. The fourth-order valence-corrected chi connectivity index (χ4v) is 4.96. The van der Waals surface area contributed by atoms with Crippen LogP contribution in [0.3, 0.4) is 0 Å². The van der Waals surface area contributed by atoms with Crippen LogP contribution in [0.4, 0.5) is 5.69 Å². The maximum Gasteiger partial charge on any atom is 0.249 e. The largest absolute Gasteiger partial charge is 0.404 e. The van der Waals surface area contributed by atoms with Crippen LogP contribution in [0.2, 0.25) is 0 Å². The van der Waals surface area contributed by atoms with Crippen molar-refractivity contribution in [3.8, 4) is 0 Å². The van der Waals surface area contributed by atoms with E-state index in [1.54, 1.807) is 35.8 Å². The first kappa shape index (κ1) is 23.1. The molecule has 2 aromatic carbocycles. The fraction of sp³-hybridized carbons (Fsp3) is 0.0952. The Labute approximate surface area is 189 Å². The third-order valence-corrected chi connectivity index (χ3v) is 6.74. The van der Waals surface area contributed by atoms with Crippen LogP contribution in [0.5, 0.6) is 0 Å². The van der Waals surface area contributed by atoms with Crippen LogP contribution in [0.25, 0.3) is 0 Å². The molecule has 7 N–H and O–H groups in total. The van der Waals surface area contributed by atoms with Crippen molar-refractivity contribution in [2.24, 2.45) is 11.5 Å². The zero-order chi connectivity index (χ0) is 23.1. The highest BCUT2D eigenvalue weighted by Gasteiger charge is 2.24. The molecule has 11 heteroatoms. The van der Waals surface area contributed by atoms with Crippen LogP contribution in [0.1, 0.15) is 22.2 Å². The van der Waals surface area contributed by atoms with Gasteiger partial charge in [-0.15, -0.1) is 11.3 Å². The Balaban J connectivity index is 1.87. The standard InChI is InChI=1S/C21H22N6O3S2/c22-8-7-19(28)26-16-5-2-6-17(13-16)32(29,30)27-18(21-25-9-10-31-21)12-14-3-1-4-15(11-14)20(23)24/h1-11,13,18,27H,12,22H2,(H3,23,24)(H,26,28)/t18-/m0/s1. The van der Waals surface area contributed by atoms with Crippen molar-refractivity contribution in [2.75, 3.05) is 5.32 Å². The maximum absolute atomic E-state index is 13.1. The number of nitrogens with two attached hydrogens (primary N) is 2. The topological polar surface area (TPSA) is 164 Å². The lowest BCUT2D eigenvalue weighted by Gasteiger charge is -2.18. The van der Waals surface area contributed by atoms with Crippen LogP contribution in [-0.4, -0.2) is 25.1 Å². The maximum atomic E-state index is 13.1. The number of carbonyl (C=O) groups excluding carboxylic acids is 1. The lowest BCUT2D eigenvalue weighted by molar-refractivity contribution is -0.111. The van der Waals surface area contributed by atoms with Gasteiger partial charge in [0.05, 0.1) is 10.9 Å². The Bertz CT molecular complexity index is 1240. The highest BCUT2D eigenvalue weighted by atomic mass is 32.2. The molecule has 0 spiro atoms. The summed E-state index contributed by atoms with van der Waals surface area (Å²) >= 11 is 1.33. The van der Waals surface area contributed by atoms with Gasteiger partial charge in [0.1, 0.15) is 10.8 Å². The molecular weight excluding hydrogens is 448 g/mol. The van der Waals surface area contributed by atoms with Gasteiger partial charge in [-0.3, -0.25) is 10.2 Å². The molecule has 32 heavy (non-hydrogen) atoms. The number of sulfonamides is 1. The summed E-state index contributed by atoms with van der Waals surface area (Å²) in [6.07, 6.45) is 4.14. The summed E-state index contributed by atoms with van der Waals surface area (Å²) in [6.45, 7) is 0. The molecule has 0 bridgehead atoms. The predicted molar refractivity (Wildman–Crippen MR) is 125 cm³/mol. The third-order valence-electron chi connectivity index (χ3n) is 4.38. The first-order chi connectivity index (χ1) is 15.3. The van der Waals surface area contributed by atoms with Gasteiger partial charge < -0.3 is 16.8 Å². The molecule has 1 atom stereocenters. The molecular formula is C21H22N6O3S2. The minimum Gasteiger partial charge on any atom is -0.404 e. The number of hydrogen-bond acceptors (Lipinski definition) is 7. The number of benzene rings is 2. The van der Waals surface area contributed by atoms with E-state index < -0.39 is 22.0 Å². The number of carbonyl (C=O) groups is 1. The van der Waals surface area contributed by atoms with E-state index in [0.29, 0.717) is 22.7 Å². The van der Waals surface area contributed by atoms with Crippen LogP contribution in [0, 0.1) is 5.41 Å². The van der Waals surface area contributed by atoms with Gasteiger partial charge >= 0.3 is 0 Å². The summed E-state index contributed by atoms with van der Waals surface area (Å²) in [4.78, 5) is 16.0. The molecule has 0 unspecified atom stereocenters. The van der Waals surface area contributed by atoms with E-state index in [1.807, 2.05) is 6.07 Å². The number of amidine groups is 1. The average molecular weight is 471 g/mol. The molecule has 9 nitrogen and oxygen atoms in total. The Kier molecular flexibility index (Phi) is 7.36. The van der Waals surface area contributed by atoms with E-state index in [2.05, 4.69) is 15.0 Å². The summed E-state index contributed by atoms with van der Waals surface area (Å²) in [7, 11) is -3.95. The molecule has 1 aromatic heterocycles. The summed E-state index contributed by atoms with van der Waals surface area (Å²) in [5.74, 6) is -0.539. The Morgan fingerprint density at radius 1 is 1.22 bits per heavy atom. The smallest absolute Gasteiger partial charge is 0.249 e. The molecule has 0 radical (unpaired) electrons. The van der Waals surface area contributed by atoms with Gasteiger partial charge in [-0.25, -0.2) is 18.1 Å². The molecule has 0 aliphatic rings. The van der Waals surface area contributed by atoms with Crippen molar-refractivity contribution in [1.29, 1.82) is 5.41 Å². The number of aromatic nitrogens is 1. The number of anilines is 1. The van der Waals surface area contributed by atoms with Crippen LogP contribution in [-0.2, 0) is 21.2 Å².